The van der Waals surface area contributed by atoms with E-state index in [0.29, 0.717) is 23.4 Å². The molecule has 3 unspecified atom stereocenters. The Morgan fingerprint density at radius 2 is 1.95 bits per heavy atom. The van der Waals surface area contributed by atoms with Gasteiger partial charge in [-0.1, -0.05) is 36.7 Å². The fourth-order valence-corrected chi connectivity index (χ4v) is 5.80. The topological polar surface area (TPSA) is 86.0 Å². The van der Waals surface area contributed by atoms with Gasteiger partial charge in [0.05, 0.1) is 19.2 Å². The lowest BCUT2D eigenvalue weighted by Gasteiger charge is -2.25. The molecule has 4 N–H and O–H groups in total. The molecule has 0 bridgehead atoms. The summed E-state index contributed by atoms with van der Waals surface area (Å²) in [6, 6.07) is 16.2. The van der Waals surface area contributed by atoms with Gasteiger partial charge in [-0.15, -0.1) is 0 Å². The van der Waals surface area contributed by atoms with Crippen LogP contribution in [0.25, 0.3) is 0 Å². The molecular formula is C31H39ClN6O. The smallest absolute Gasteiger partial charge is 0.224 e. The van der Waals surface area contributed by atoms with Crippen LogP contribution in [0, 0.1) is 12.8 Å². The molecule has 0 radical (unpaired) electrons. The first kappa shape index (κ1) is 27.6. The van der Waals surface area contributed by atoms with E-state index in [4.69, 9.17) is 21.6 Å². The molecule has 3 heterocycles. The summed E-state index contributed by atoms with van der Waals surface area (Å²) in [6.45, 7) is 9.30. The number of rotatable bonds is 7. The Morgan fingerprint density at radius 1 is 1.13 bits per heavy atom. The lowest BCUT2D eigenvalue weighted by Crippen LogP contribution is -2.30. The van der Waals surface area contributed by atoms with E-state index in [0.717, 1.165) is 35.7 Å². The lowest BCUT2D eigenvalue weighted by atomic mass is 9.87. The predicted molar refractivity (Wildman–Crippen MR) is 161 cm³/mol. The number of aliphatic imine (C=N–C) groups is 2. The number of halogens is 1. The van der Waals surface area contributed by atoms with Gasteiger partial charge in [0, 0.05) is 35.1 Å². The fourth-order valence-electron chi connectivity index (χ4n) is 5.60. The third-order valence-electron chi connectivity index (χ3n) is 7.85. The molecule has 0 amide bonds. The van der Waals surface area contributed by atoms with Crippen molar-refractivity contribution in [2.45, 2.75) is 51.6 Å². The number of aromatic nitrogens is 1. The van der Waals surface area contributed by atoms with E-state index in [9.17, 15) is 5.11 Å². The van der Waals surface area contributed by atoms with Crippen LogP contribution in [0.3, 0.4) is 0 Å². The second-order valence-electron chi connectivity index (χ2n) is 10.8. The lowest BCUT2D eigenvalue weighted by molar-refractivity contribution is 0.235. The van der Waals surface area contributed by atoms with Crippen LogP contribution >= 0.6 is 11.6 Å². The van der Waals surface area contributed by atoms with Gasteiger partial charge in [0.15, 0.2) is 0 Å². The molecule has 2 aliphatic heterocycles. The SMILES string of the molecule is Cc1cc(NC2=NCC(C)C(n3ccc(C(C)NC(CO)c4cccc(Cl)c4)c3)=N2)ccc1C1CCNCC1. The maximum Gasteiger partial charge on any atom is 0.224 e. The molecule has 2 aliphatic rings. The van der Waals surface area contributed by atoms with Crippen LogP contribution in [0.4, 0.5) is 5.69 Å². The molecule has 2 aromatic carbocycles. The van der Waals surface area contributed by atoms with Gasteiger partial charge < -0.3 is 25.6 Å². The van der Waals surface area contributed by atoms with E-state index < -0.39 is 0 Å². The number of anilines is 1. The minimum atomic E-state index is -0.208. The molecule has 1 aromatic heterocycles. The summed E-state index contributed by atoms with van der Waals surface area (Å²) in [6.07, 6.45) is 6.55. The zero-order valence-corrected chi connectivity index (χ0v) is 23.7. The first-order valence-corrected chi connectivity index (χ1v) is 14.3. The highest BCUT2D eigenvalue weighted by atomic mass is 35.5. The van der Waals surface area contributed by atoms with Gasteiger partial charge >= 0.3 is 0 Å². The number of guanidine groups is 1. The van der Waals surface area contributed by atoms with Gasteiger partial charge in [0.2, 0.25) is 5.96 Å². The number of piperidine rings is 1. The van der Waals surface area contributed by atoms with Gasteiger partial charge in [0.25, 0.3) is 0 Å². The third-order valence-corrected chi connectivity index (χ3v) is 8.08. The first-order valence-electron chi connectivity index (χ1n) is 13.9. The van der Waals surface area contributed by atoms with Crippen LogP contribution in [0.1, 0.15) is 66.9 Å². The molecule has 39 heavy (non-hydrogen) atoms. The van der Waals surface area contributed by atoms with Crippen LogP contribution in [-0.2, 0) is 0 Å². The Kier molecular flexibility index (Phi) is 8.82. The summed E-state index contributed by atoms with van der Waals surface area (Å²) >= 11 is 6.17. The third kappa shape index (κ3) is 6.61. The van der Waals surface area contributed by atoms with Gasteiger partial charge in [-0.2, -0.15) is 4.99 Å². The van der Waals surface area contributed by atoms with Crippen LogP contribution in [-0.4, -0.2) is 47.7 Å². The van der Waals surface area contributed by atoms with Crippen molar-refractivity contribution in [3.63, 3.8) is 0 Å². The van der Waals surface area contributed by atoms with Crippen LogP contribution in [0.5, 0.6) is 0 Å². The largest absolute Gasteiger partial charge is 0.394 e. The fraction of sp³-hybridized carbons (Fsp3) is 0.419. The van der Waals surface area contributed by atoms with Crippen molar-refractivity contribution in [2.75, 3.05) is 31.6 Å². The van der Waals surface area contributed by atoms with E-state index in [-0.39, 0.29) is 24.6 Å². The number of hydrogen-bond acceptors (Lipinski definition) is 6. The summed E-state index contributed by atoms with van der Waals surface area (Å²) < 4.78 is 2.09. The second-order valence-corrected chi connectivity index (χ2v) is 11.2. The zero-order chi connectivity index (χ0) is 27.4. The number of nitrogens with zero attached hydrogens (tertiary/aromatic N) is 3. The average Bonchev–Trinajstić information content (AvgIpc) is 3.44. The minimum Gasteiger partial charge on any atom is -0.394 e. The van der Waals surface area contributed by atoms with E-state index in [1.807, 2.05) is 24.3 Å². The van der Waals surface area contributed by atoms with E-state index in [1.54, 1.807) is 0 Å². The molecule has 206 valence electrons. The Morgan fingerprint density at radius 3 is 2.69 bits per heavy atom. The van der Waals surface area contributed by atoms with Gasteiger partial charge in [-0.25, -0.2) is 0 Å². The Balaban J connectivity index is 1.27. The summed E-state index contributed by atoms with van der Waals surface area (Å²) in [4.78, 5) is 9.61. The van der Waals surface area contributed by atoms with E-state index in [1.165, 1.54) is 24.0 Å². The molecule has 3 aromatic rings. The number of nitrogens with one attached hydrogen (secondary N) is 3. The van der Waals surface area contributed by atoms with Crippen molar-refractivity contribution in [3.8, 4) is 0 Å². The molecule has 3 atom stereocenters. The summed E-state index contributed by atoms with van der Waals surface area (Å²) in [5, 5.41) is 21.1. The Labute approximate surface area is 236 Å². The molecule has 5 rings (SSSR count). The first-order chi connectivity index (χ1) is 18.9. The summed E-state index contributed by atoms with van der Waals surface area (Å²) in [5.41, 5.74) is 5.87. The molecule has 0 saturated carbocycles. The van der Waals surface area contributed by atoms with Gasteiger partial charge in [0.1, 0.15) is 5.84 Å². The maximum atomic E-state index is 10.0. The van der Waals surface area contributed by atoms with Gasteiger partial charge in [-0.3, -0.25) is 4.99 Å². The molecule has 7 nitrogen and oxygen atoms in total. The van der Waals surface area contributed by atoms with Crippen molar-refractivity contribution in [2.24, 2.45) is 15.9 Å². The van der Waals surface area contributed by atoms with E-state index >= 15 is 0 Å². The minimum absolute atomic E-state index is 0.0149. The molecule has 0 aliphatic carbocycles. The number of benzene rings is 2. The quantitative estimate of drug-likeness (QED) is 0.308. The Hall–Kier alpha value is -2.97. The van der Waals surface area contributed by atoms with Crippen molar-refractivity contribution in [1.82, 2.24) is 15.2 Å². The second kappa shape index (κ2) is 12.5. The molecule has 8 heteroatoms. The van der Waals surface area contributed by atoms with Crippen LogP contribution in [0.2, 0.25) is 5.02 Å². The zero-order valence-electron chi connectivity index (χ0n) is 23.0. The molecule has 0 spiro atoms. The van der Waals surface area contributed by atoms with Crippen molar-refractivity contribution < 1.29 is 5.11 Å². The highest BCUT2D eigenvalue weighted by molar-refractivity contribution is 6.30. The average molecular weight is 547 g/mol. The summed E-state index contributed by atoms with van der Waals surface area (Å²) in [5.74, 6) is 2.43. The molecule has 1 fully saturated rings. The summed E-state index contributed by atoms with van der Waals surface area (Å²) in [7, 11) is 0. The number of hydrogen-bond donors (Lipinski definition) is 4. The number of aryl methyl sites for hydroxylation is 1. The predicted octanol–water partition coefficient (Wildman–Crippen LogP) is 5.67. The van der Waals surface area contributed by atoms with E-state index in [2.05, 4.69) is 77.9 Å². The molecule has 1 saturated heterocycles. The standard InChI is InChI=1S/C31H39ClN6O/c1-20-15-27(7-8-28(20)23-9-12-33-13-10-23)36-31-34-17-21(2)30(37-31)38-14-11-25(18-38)22(3)35-29(19-39)24-5-4-6-26(32)16-24/h4-8,11,14-16,18,21-23,29,33,35,39H,9-10,12-13,17,19H2,1-3H3,(H,34,36). The van der Waals surface area contributed by atoms with Crippen molar-refractivity contribution >= 4 is 29.1 Å². The van der Waals surface area contributed by atoms with Crippen LogP contribution < -0.4 is 16.0 Å². The highest BCUT2D eigenvalue weighted by Crippen LogP contribution is 2.30. The number of aliphatic hydroxyl groups is 1. The normalized spacial score (nSPS) is 19.8. The maximum absolute atomic E-state index is 10.0. The monoisotopic (exact) mass is 546 g/mol. The van der Waals surface area contributed by atoms with Gasteiger partial charge in [-0.05, 0) is 98.3 Å². The van der Waals surface area contributed by atoms with Crippen molar-refractivity contribution in [1.29, 1.82) is 0 Å². The Bertz CT molecular complexity index is 1340. The van der Waals surface area contributed by atoms with Crippen molar-refractivity contribution in [3.05, 3.63) is 88.2 Å². The number of aliphatic hydroxyl groups excluding tert-OH is 1. The highest BCUT2D eigenvalue weighted by Gasteiger charge is 2.22. The molecular weight excluding hydrogens is 508 g/mol. The van der Waals surface area contributed by atoms with Crippen LogP contribution in [0.15, 0.2) is 70.9 Å².